The zero-order valence-electron chi connectivity index (χ0n) is 10.9. The number of ether oxygens (including phenoxy) is 1. The van der Waals surface area contributed by atoms with E-state index in [-0.39, 0.29) is 11.3 Å². The molecule has 0 radical (unpaired) electrons. The maximum Gasteiger partial charge on any atom is 0.225 e. The summed E-state index contributed by atoms with van der Waals surface area (Å²) in [6.07, 6.45) is 1.68. The highest BCUT2D eigenvalue weighted by Crippen LogP contribution is 2.16. The predicted molar refractivity (Wildman–Crippen MR) is 66.7 cm³/mol. The van der Waals surface area contributed by atoms with Crippen molar-refractivity contribution < 1.29 is 9.53 Å². The van der Waals surface area contributed by atoms with Crippen LogP contribution in [-0.2, 0) is 11.3 Å². The van der Waals surface area contributed by atoms with E-state index in [2.05, 4.69) is 10.3 Å². The molecule has 0 aliphatic carbocycles. The molecule has 94 valence electrons. The fourth-order valence-corrected chi connectivity index (χ4v) is 1.27. The predicted octanol–water partition coefficient (Wildman–Crippen LogP) is 2.14. The van der Waals surface area contributed by atoms with Gasteiger partial charge in [-0.15, -0.1) is 0 Å². The third-order valence-corrected chi connectivity index (χ3v) is 2.25. The molecule has 1 rings (SSSR count). The Morgan fingerprint density at radius 3 is 2.76 bits per heavy atom. The summed E-state index contributed by atoms with van der Waals surface area (Å²) in [7, 11) is 0. The van der Waals surface area contributed by atoms with Crippen LogP contribution in [0, 0.1) is 5.41 Å². The van der Waals surface area contributed by atoms with Gasteiger partial charge in [-0.2, -0.15) is 0 Å². The van der Waals surface area contributed by atoms with Gasteiger partial charge in [0.2, 0.25) is 11.8 Å². The smallest absolute Gasteiger partial charge is 0.225 e. The van der Waals surface area contributed by atoms with Crippen molar-refractivity contribution in [2.45, 2.75) is 34.2 Å². The Kier molecular flexibility index (Phi) is 4.49. The molecule has 0 aromatic carbocycles. The number of hydrogen-bond acceptors (Lipinski definition) is 3. The number of carbonyl (C=O) groups is 1. The first-order valence-corrected chi connectivity index (χ1v) is 5.80. The second-order valence-electron chi connectivity index (χ2n) is 4.83. The molecule has 0 fully saturated rings. The standard InChI is InChI=1S/C13H20N2O2/c1-5-17-11-10(7-6-8-14-11)9-15-12(16)13(2,3)4/h6-8H,5,9H2,1-4H3,(H,15,16). The van der Waals surface area contributed by atoms with Crippen LogP contribution in [0.3, 0.4) is 0 Å². The van der Waals surface area contributed by atoms with Gasteiger partial charge in [-0.05, 0) is 13.0 Å². The third kappa shape index (κ3) is 4.06. The largest absolute Gasteiger partial charge is 0.478 e. The van der Waals surface area contributed by atoms with Crippen molar-refractivity contribution in [2.24, 2.45) is 5.41 Å². The van der Waals surface area contributed by atoms with Crippen molar-refractivity contribution in [2.75, 3.05) is 6.61 Å². The minimum absolute atomic E-state index is 0.0174. The Bertz CT molecular complexity index is 383. The van der Waals surface area contributed by atoms with Gasteiger partial charge >= 0.3 is 0 Å². The molecule has 4 heteroatoms. The van der Waals surface area contributed by atoms with Crippen LogP contribution < -0.4 is 10.1 Å². The van der Waals surface area contributed by atoms with Crippen LogP contribution in [0.15, 0.2) is 18.3 Å². The molecular formula is C13H20N2O2. The van der Waals surface area contributed by atoms with E-state index in [1.54, 1.807) is 6.20 Å². The highest BCUT2D eigenvalue weighted by atomic mass is 16.5. The Balaban J connectivity index is 2.66. The summed E-state index contributed by atoms with van der Waals surface area (Å²) < 4.78 is 5.39. The molecule has 1 amide bonds. The summed E-state index contributed by atoms with van der Waals surface area (Å²) in [6.45, 7) is 8.57. The molecule has 0 unspecified atom stereocenters. The molecule has 17 heavy (non-hydrogen) atoms. The molecule has 4 nitrogen and oxygen atoms in total. The van der Waals surface area contributed by atoms with Crippen LogP contribution in [0.5, 0.6) is 5.88 Å². The second-order valence-corrected chi connectivity index (χ2v) is 4.83. The quantitative estimate of drug-likeness (QED) is 0.871. The number of pyridine rings is 1. The van der Waals surface area contributed by atoms with Crippen molar-refractivity contribution in [3.05, 3.63) is 23.9 Å². The highest BCUT2D eigenvalue weighted by Gasteiger charge is 2.20. The molecule has 0 spiro atoms. The van der Waals surface area contributed by atoms with E-state index in [0.717, 1.165) is 5.56 Å². The van der Waals surface area contributed by atoms with Gasteiger partial charge in [0.25, 0.3) is 0 Å². The molecule has 0 saturated heterocycles. The first kappa shape index (κ1) is 13.5. The lowest BCUT2D eigenvalue weighted by Gasteiger charge is -2.18. The molecule has 0 aliphatic heterocycles. The number of rotatable bonds is 4. The number of aromatic nitrogens is 1. The zero-order valence-corrected chi connectivity index (χ0v) is 10.9. The van der Waals surface area contributed by atoms with Crippen LogP contribution in [-0.4, -0.2) is 17.5 Å². The van der Waals surface area contributed by atoms with E-state index in [1.165, 1.54) is 0 Å². The summed E-state index contributed by atoms with van der Waals surface area (Å²) in [5.41, 5.74) is 0.514. The Hall–Kier alpha value is -1.58. The van der Waals surface area contributed by atoms with Crippen molar-refractivity contribution in [3.8, 4) is 5.88 Å². The van der Waals surface area contributed by atoms with Crippen molar-refractivity contribution >= 4 is 5.91 Å². The van der Waals surface area contributed by atoms with Crippen molar-refractivity contribution in [1.29, 1.82) is 0 Å². The lowest BCUT2D eigenvalue weighted by Crippen LogP contribution is -2.34. The van der Waals surface area contributed by atoms with Crippen LogP contribution in [0.25, 0.3) is 0 Å². The second kappa shape index (κ2) is 5.66. The molecular weight excluding hydrogens is 216 g/mol. The van der Waals surface area contributed by atoms with Crippen LogP contribution in [0.1, 0.15) is 33.3 Å². The van der Waals surface area contributed by atoms with Gasteiger partial charge in [0.1, 0.15) is 0 Å². The first-order valence-electron chi connectivity index (χ1n) is 5.80. The van der Waals surface area contributed by atoms with Gasteiger partial charge in [0.05, 0.1) is 6.61 Å². The van der Waals surface area contributed by atoms with Crippen LogP contribution >= 0.6 is 0 Å². The fraction of sp³-hybridized carbons (Fsp3) is 0.538. The molecule has 1 aromatic rings. The molecule has 1 heterocycles. The molecule has 0 saturated carbocycles. The minimum atomic E-state index is -0.381. The van der Waals surface area contributed by atoms with Gasteiger partial charge in [0, 0.05) is 23.7 Å². The van der Waals surface area contributed by atoms with E-state index < -0.39 is 0 Å². The average Bonchev–Trinajstić information content (AvgIpc) is 2.26. The lowest BCUT2D eigenvalue weighted by atomic mass is 9.95. The number of hydrogen-bond donors (Lipinski definition) is 1. The van der Waals surface area contributed by atoms with E-state index in [9.17, 15) is 4.79 Å². The number of nitrogens with zero attached hydrogens (tertiary/aromatic N) is 1. The molecule has 0 atom stereocenters. The van der Waals surface area contributed by atoms with E-state index in [1.807, 2.05) is 39.8 Å². The van der Waals surface area contributed by atoms with E-state index >= 15 is 0 Å². The normalized spacial score (nSPS) is 11.1. The van der Waals surface area contributed by atoms with Gasteiger partial charge in [-0.1, -0.05) is 26.8 Å². The van der Waals surface area contributed by atoms with Gasteiger partial charge in [0.15, 0.2) is 0 Å². The third-order valence-electron chi connectivity index (χ3n) is 2.25. The lowest BCUT2D eigenvalue weighted by molar-refractivity contribution is -0.128. The van der Waals surface area contributed by atoms with Crippen molar-refractivity contribution in [1.82, 2.24) is 10.3 Å². The summed E-state index contributed by atoms with van der Waals surface area (Å²) in [5, 5.41) is 2.88. The Morgan fingerprint density at radius 1 is 1.47 bits per heavy atom. The van der Waals surface area contributed by atoms with Gasteiger partial charge in [-0.25, -0.2) is 4.98 Å². The number of nitrogens with one attached hydrogen (secondary N) is 1. The molecule has 0 aliphatic rings. The van der Waals surface area contributed by atoms with Crippen LogP contribution in [0.2, 0.25) is 0 Å². The van der Waals surface area contributed by atoms with Gasteiger partial charge < -0.3 is 10.1 Å². The highest BCUT2D eigenvalue weighted by molar-refractivity contribution is 5.81. The summed E-state index contributed by atoms with van der Waals surface area (Å²) in [6, 6.07) is 3.74. The average molecular weight is 236 g/mol. The Morgan fingerprint density at radius 2 is 2.18 bits per heavy atom. The molecule has 0 bridgehead atoms. The van der Waals surface area contributed by atoms with E-state index in [4.69, 9.17) is 4.74 Å². The first-order chi connectivity index (χ1) is 7.95. The monoisotopic (exact) mass is 236 g/mol. The number of amides is 1. The zero-order chi connectivity index (χ0) is 12.9. The summed E-state index contributed by atoms with van der Waals surface area (Å²) in [5.74, 6) is 0.605. The van der Waals surface area contributed by atoms with Crippen LogP contribution in [0.4, 0.5) is 0 Å². The Labute approximate surface area is 102 Å². The van der Waals surface area contributed by atoms with Crippen molar-refractivity contribution in [3.63, 3.8) is 0 Å². The maximum absolute atomic E-state index is 11.7. The summed E-state index contributed by atoms with van der Waals surface area (Å²) in [4.78, 5) is 15.9. The van der Waals surface area contributed by atoms with Gasteiger partial charge in [-0.3, -0.25) is 4.79 Å². The maximum atomic E-state index is 11.7. The molecule has 1 N–H and O–H groups in total. The fourth-order valence-electron chi connectivity index (χ4n) is 1.27. The SMILES string of the molecule is CCOc1ncccc1CNC(=O)C(C)(C)C. The molecule has 1 aromatic heterocycles. The minimum Gasteiger partial charge on any atom is -0.478 e. The van der Waals surface area contributed by atoms with E-state index in [0.29, 0.717) is 19.0 Å². The number of carbonyl (C=O) groups excluding carboxylic acids is 1. The topological polar surface area (TPSA) is 51.2 Å². The summed E-state index contributed by atoms with van der Waals surface area (Å²) >= 11 is 0.